The number of hydrogen-bond acceptors (Lipinski definition) is 35. The van der Waals surface area contributed by atoms with Crippen LogP contribution in [0, 0.1) is 10.1 Å². The predicted molar refractivity (Wildman–Crippen MR) is 381 cm³/mol. The number of rotatable bonds is 35. The molecule has 2 aliphatic carbocycles. The van der Waals surface area contributed by atoms with Gasteiger partial charge in [-0.05, 0) is 55.3 Å². The van der Waals surface area contributed by atoms with E-state index in [4.69, 9.17) is 48.4 Å². The Labute approximate surface area is 638 Å². The number of carboxylic acids is 1. The second kappa shape index (κ2) is 36.4. The van der Waals surface area contributed by atoms with E-state index in [1.165, 1.54) is 67.5 Å². The first kappa shape index (κ1) is 82.6. The van der Waals surface area contributed by atoms with Gasteiger partial charge in [0.15, 0.2) is 34.8 Å². The molecule has 5 heterocycles. The van der Waals surface area contributed by atoms with Crippen LogP contribution in [0.25, 0.3) is 11.2 Å². The van der Waals surface area contributed by atoms with Crippen molar-refractivity contribution in [1.29, 1.82) is 0 Å². The highest BCUT2D eigenvalue weighted by molar-refractivity contribution is 6.31. The fourth-order valence-corrected chi connectivity index (χ4v) is 13.2. The highest BCUT2D eigenvalue weighted by Gasteiger charge is 2.51. The smallest absolute Gasteiger partial charge is 0.408 e. The summed E-state index contributed by atoms with van der Waals surface area (Å²) < 4.78 is 53.0. The van der Waals surface area contributed by atoms with Gasteiger partial charge in [-0.15, -0.1) is 5.10 Å². The average molecular weight is 1580 g/mol. The third-order valence-corrected chi connectivity index (χ3v) is 19.1. The number of aromatic amines is 1. The molecule has 0 spiro atoms. The number of benzene rings is 4. The number of phenolic OH excluding ortho intramolecular Hbond substituents is 2. The molecule has 2 fully saturated rings. The number of alkyl carbamates (subject to hydrolysis) is 1. The number of carbonyl (C=O) groups excluding carboxylic acids is 6. The number of nitrogens with two attached hydrogens (primary N) is 1. The summed E-state index contributed by atoms with van der Waals surface area (Å²) in [6.07, 6.45) is -17.8. The topological polar surface area (TPSA) is 624 Å². The number of nitrogens with zero attached hydrogens (tertiary/aromatic N) is 7. The number of carbonyl (C=O) groups is 7. The number of hydrogen-bond donors (Lipinski definition) is 16. The number of phenols is 2. The lowest BCUT2D eigenvalue weighted by Crippen LogP contribution is -2.60. The van der Waals surface area contributed by atoms with Gasteiger partial charge in [0.2, 0.25) is 23.9 Å². The van der Waals surface area contributed by atoms with Crippen molar-refractivity contribution in [2.24, 2.45) is 0 Å². The van der Waals surface area contributed by atoms with Crippen LogP contribution in [-0.4, -0.2) is 266 Å². The number of aliphatic carboxylic acids is 1. The van der Waals surface area contributed by atoms with Crippen LogP contribution in [0.1, 0.15) is 115 Å². The van der Waals surface area contributed by atoms with Crippen molar-refractivity contribution < 1.29 is 132 Å². The summed E-state index contributed by atoms with van der Waals surface area (Å²) >= 11 is 0. The monoisotopic (exact) mass is 1580 g/mol. The van der Waals surface area contributed by atoms with Crippen LogP contribution in [0.5, 0.6) is 23.0 Å². The van der Waals surface area contributed by atoms with Gasteiger partial charge >= 0.3 is 17.7 Å². The Morgan fingerprint density at radius 1 is 0.858 bits per heavy atom. The number of anilines is 2. The summed E-state index contributed by atoms with van der Waals surface area (Å²) in [4.78, 5) is 133. The van der Waals surface area contributed by atoms with E-state index in [2.05, 4.69) is 51.5 Å². The van der Waals surface area contributed by atoms with Crippen molar-refractivity contribution in [3.05, 3.63) is 149 Å². The number of methoxy groups -OCH3 is 1. The van der Waals surface area contributed by atoms with Gasteiger partial charge in [-0.25, -0.2) is 19.4 Å². The largest absolute Gasteiger partial charge is 0.507 e. The molecular formula is C71H81N13O29. The molecule has 1 unspecified atom stereocenters. The number of nitro groups is 1. The first-order chi connectivity index (χ1) is 54.1. The molecular weight excluding hydrogens is 1500 g/mol. The Balaban J connectivity index is 0.680. The molecule has 113 heavy (non-hydrogen) atoms. The minimum Gasteiger partial charge on any atom is -0.507 e. The van der Waals surface area contributed by atoms with Crippen LogP contribution in [0.15, 0.2) is 77.9 Å². The number of aliphatic hydroxyl groups excluding tert-OH is 6. The van der Waals surface area contributed by atoms with Crippen molar-refractivity contribution in [3.8, 4) is 23.0 Å². The van der Waals surface area contributed by atoms with Gasteiger partial charge in [0.25, 0.3) is 11.5 Å². The normalized spacial score (nSPS) is 22.4. The summed E-state index contributed by atoms with van der Waals surface area (Å²) in [6, 6.07) is 11.0. The maximum atomic E-state index is 14.3. The Hall–Kier alpha value is -11.4. The zero-order chi connectivity index (χ0) is 81.1. The van der Waals surface area contributed by atoms with E-state index in [9.17, 15) is 99.5 Å². The number of aliphatic hydroxyl groups is 7. The number of nitrogens with one attached hydrogen (secondary N) is 5. The SMILES string of the molecule is COc1cccc2c1C(=O)c1c(O)c3c(c(O)c1C2=O)C[C@@](O)(C(=O)CO)C[C@@H]3O[C@H]1C[C@H](NC(=O)OC(Cc2cn(CCOCCOCCOCCNC(=O)[C@H](CCC(=O)O)NC(=O)c3ccc(NCc4cnc5nc(N)[nH]c(=O)c5n4)cc3)nn2)c2ccc(O[C@@H]3O[C@H](CO)[C@H](O)[C@H](O)[C@H]3O)c([N+](=O)[O-])c2)[C@H](O)[C@H](C)O1. The number of Topliss-reactive ketones (excluding diaryl/α,β-unsaturated/α-hetero) is 1. The second-order valence-corrected chi connectivity index (χ2v) is 26.6. The van der Waals surface area contributed by atoms with Crippen LogP contribution in [0.2, 0.25) is 0 Å². The molecule has 42 nitrogen and oxygen atoms in total. The van der Waals surface area contributed by atoms with Crippen molar-refractivity contribution in [2.45, 2.75) is 138 Å². The van der Waals surface area contributed by atoms with E-state index >= 15 is 0 Å². The standard InChI is InChI=1S/C71H81N13O29/c1-32-56(90)41(24-50(109-32)110-46-26-71(102,48(87)31-86)25-39-52(46)61(95)54-53(58(39)92)57(91)38-4-3-5-44(105-2)51(38)60(54)94)78-70(101)113-45(34-8-12-43(42(22-34)84(103)104)111-68-63(97)62(96)59(93)47(30-85)112-68)23-36-29-83(82-81-36)15-17-107-19-21-108-20-18-106-16-14-73-66(99)40(11-13-49(88)89)77-65(98)33-6-9-35(10-7-33)74-27-37-28-75-64-55(76-37)67(100)80-69(72)79-64/h3-10,12,22,28-29,32,40-41,45-47,50,56,59,62-63,68,74,85-86,90,92-93,95-97,102H,11,13-21,23-27,30-31H2,1-2H3,(H,73,99)(H,77,98)(H,78,101)(H,88,89)(H3,72,75,79,80,100)/t32-,40-,41-,45?,46-,47+,50-,56+,59-,62-,63+,68+,71-/m0/s1. The lowest BCUT2D eigenvalue weighted by atomic mass is 9.72. The third kappa shape index (κ3) is 19.1. The molecule has 42 heteroatoms. The lowest BCUT2D eigenvalue weighted by Gasteiger charge is -2.42. The van der Waals surface area contributed by atoms with Crippen molar-refractivity contribution >= 4 is 69.7 Å². The highest BCUT2D eigenvalue weighted by Crippen LogP contribution is 2.53. The molecule has 17 N–H and O–H groups in total. The van der Waals surface area contributed by atoms with Crippen LogP contribution >= 0.6 is 0 Å². The first-order valence-electron chi connectivity index (χ1n) is 35.3. The minimum atomic E-state index is -2.53. The van der Waals surface area contributed by atoms with Gasteiger partial charge in [0, 0.05) is 78.9 Å². The van der Waals surface area contributed by atoms with Gasteiger partial charge in [-0.1, -0.05) is 23.4 Å². The number of carboxylic acid groups (broad SMARTS) is 1. The van der Waals surface area contributed by atoms with E-state index in [1.807, 2.05) is 0 Å². The van der Waals surface area contributed by atoms with Crippen molar-refractivity contribution in [1.82, 2.24) is 50.9 Å². The first-order valence-corrected chi connectivity index (χ1v) is 35.3. The molecule has 2 aliphatic heterocycles. The number of ether oxygens (including phenoxy) is 9. The van der Waals surface area contributed by atoms with Gasteiger partial charge in [-0.2, -0.15) is 4.98 Å². The molecule has 604 valence electrons. The number of H-pyrrole nitrogens is 1. The summed E-state index contributed by atoms with van der Waals surface area (Å²) in [6.45, 7) is 0.144. The van der Waals surface area contributed by atoms with E-state index in [1.54, 1.807) is 12.1 Å². The minimum absolute atomic E-state index is 0.00147. The quantitative estimate of drug-likeness (QED) is 0.00928. The molecule has 0 radical (unpaired) electrons. The number of aromatic hydroxyl groups is 2. The van der Waals surface area contributed by atoms with Crippen LogP contribution in [0.4, 0.5) is 22.1 Å². The van der Waals surface area contributed by atoms with Crippen LogP contribution in [0.3, 0.4) is 0 Å². The van der Waals surface area contributed by atoms with Gasteiger partial charge in [0.05, 0.1) is 124 Å². The fraction of sp³-hybridized carbons (Fsp3) is 0.451. The summed E-state index contributed by atoms with van der Waals surface area (Å²) in [7, 11) is 1.25. The van der Waals surface area contributed by atoms with E-state index in [-0.39, 0.29) is 134 Å². The molecule has 11 rings (SSSR count). The number of fused-ring (bicyclic) bond motifs is 4. The molecule has 3 aromatic heterocycles. The van der Waals surface area contributed by atoms with Gasteiger partial charge in [0.1, 0.15) is 72.1 Å². The molecule has 7 aromatic rings. The highest BCUT2D eigenvalue weighted by atomic mass is 16.7. The van der Waals surface area contributed by atoms with E-state index in [0.717, 1.165) is 12.1 Å². The number of amides is 3. The lowest BCUT2D eigenvalue weighted by molar-refractivity contribution is -0.387. The third-order valence-electron chi connectivity index (χ3n) is 19.1. The molecule has 4 aliphatic rings. The van der Waals surface area contributed by atoms with Crippen molar-refractivity contribution in [2.75, 3.05) is 77.6 Å². The van der Waals surface area contributed by atoms with Crippen molar-refractivity contribution in [3.63, 3.8) is 0 Å². The Bertz CT molecular complexity index is 4760. The average Bonchev–Trinajstić information content (AvgIpc) is 0.824. The van der Waals surface area contributed by atoms with E-state index < -0.39 is 204 Å². The van der Waals surface area contributed by atoms with Crippen LogP contribution in [-0.2, 0) is 73.5 Å². The predicted octanol–water partition coefficient (Wildman–Crippen LogP) is -1.52. The zero-order valence-electron chi connectivity index (χ0n) is 60.3. The Morgan fingerprint density at radius 3 is 2.29 bits per heavy atom. The fourth-order valence-electron chi connectivity index (χ4n) is 13.2. The molecule has 0 saturated carbocycles. The molecule has 13 atom stereocenters. The van der Waals surface area contributed by atoms with Crippen LogP contribution < -0.4 is 42.0 Å². The summed E-state index contributed by atoms with van der Waals surface area (Å²) in [5.41, 5.74) is 0.615. The maximum Gasteiger partial charge on any atom is 0.408 e. The zero-order valence-corrected chi connectivity index (χ0v) is 60.3. The van der Waals surface area contributed by atoms with Gasteiger partial charge in [-0.3, -0.25) is 48.7 Å². The molecule has 3 amide bonds. The molecule has 2 saturated heterocycles. The maximum absolute atomic E-state index is 14.3. The Kier molecular flexibility index (Phi) is 26.6. The molecule has 0 bridgehead atoms. The number of nitrogen functional groups attached to an aromatic ring is 1. The Morgan fingerprint density at radius 2 is 1.58 bits per heavy atom. The summed E-state index contributed by atoms with van der Waals surface area (Å²) in [5.74, 6) is -7.87. The number of aromatic nitrogens is 7. The molecule has 4 aromatic carbocycles. The van der Waals surface area contributed by atoms with Gasteiger partial charge < -0.3 is 121 Å². The second-order valence-electron chi connectivity index (χ2n) is 26.6. The number of ketones is 3. The summed E-state index contributed by atoms with van der Waals surface area (Å²) in [5, 5.41) is 140. The number of nitro benzene ring substituents is 1. The van der Waals surface area contributed by atoms with E-state index in [0.29, 0.717) is 11.4 Å².